The van der Waals surface area contributed by atoms with E-state index in [9.17, 15) is 0 Å². The van der Waals surface area contributed by atoms with Crippen molar-refractivity contribution in [3.8, 4) is 0 Å². The van der Waals surface area contributed by atoms with Crippen LogP contribution in [0, 0.1) is 0 Å². The summed E-state index contributed by atoms with van der Waals surface area (Å²) in [6, 6.07) is 1.85. The minimum Gasteiger partial charge on any atom is -0.338 e. The summed E-state index contributed by atoms with van der Waals surface area (Å²) in [6.07, 6.45) is 3.60. The summed E-state index contributed by atoms with van der Waals surface area (Å²) in [4.78, 5) is 13.3. The van der Waals surface area contributed by atoms with Crippen LogP contribution in [0.2, 0.25) is 0 Å². The van der Waals surface area contributed by atoms with Crippen molar-refractivity contribution in [2.75, 3.05) is 44.2 Å². The van der Waals surface area contributed by atoms with Crippen LogP contribution in [-0.2, 0) is 0 Å². The topological polar surface area (TPSA) is 47.9 Å². The highest BCUT2D eigenvalue weighted by atomic mass is 32.2. The quantitative estimate of drug-likeness (QED) is 0.840. The number of hydrogen-bond acceptors (Lipinski definition) is 8. The highest BCUT2D eigenvalue weighted by Gasteiger charge is 2.23. The van der Waals surface area contributed by atoms with E-state index in [1.54, 1.807) is 24.2 Å². The molecule has 0 aliphatic carbocycles. The average molecular weight is 324 g/mol. The highest BCUT2D eigenvalue weighted by Crippen LogP contribution is 2.27. The zero-order valence-corrected chi connectivity index (χ0v) is 13.8. The number of thioether (sulfide) groups is 1. The number of piperazine rings is 1. The van der Waals surface area contributed by atoms with Crippen LogP contribution in [0.25, 0.3) is 0 Å². The van der Waals surface area contributed by atoms with Gasteiger partial charge in [0.1, 0.15) is 4.71 Å². The largest absolute Gasteiger partial charge is 0.338 e. The fourth-order valence-electron chi connectivity index (χ4n) is 2.50. The van der Waals surface area contributed by atoms with Crippen molar-refractivity contribution in [1.82, 2.24) is 19.9 Å². The van der Waals surface area contributed by atoms with Gasteiger partial charge in [0.2, 0.25) is 5.95 Å². The summed E-state index contributed by atoms with van der Waals surface area (Å²) in [6.45, 7) is 8.03. The molecule has 8 heteroatoms. The molecule has 114 valence electrons. The maximum atomic E-state index is 4.54. The Morgan fingerprint density at radius 2 is 1.90 bits per heavy atom. The molecule has 0 saturated carbocycles. The van der Waals surface area contributed by atoms with Gasteiger partial charge in [0.15, 0.2) is 0 Å². The Morgan fingerprint density at radius 1 is 1.19 bits per heavy atom. The molecule has 0 aromatic carbocycles. The van der Waals surface area contributed by atoms with E-state index in [0.29, 0.717) is 0 Å². The first-order valence-electron chi connectivity index (χ1n) is 7.13. The lowest BCUT2D eigenvalue weighted by Gasteiger charge is -2.35. The molecule has 3 heterocycles. The molecular formula is C13H20N6S2. The Hall–Kier alpha value is -0.990. The lowest BCUT2D eigenvalue weighted by atomic mass is 10.3. The number of thiol groups is 1. The molecule has 1 fully saturated rings. The zero-order valence-electron chi connectivity index (χ0n) is 12.1. The van der Waals surface area contributed by atoms with Crippen LogP contribution in [0.3, 0.4) is 0 Å². The molecule has 0 bridgehead atoms. The van der Waals surface area contributed by atoms with Crippen LogP contribution in [-0.4, -0.2) is 68.9 Å². The van der Waals surface area contributed by atoms with Crippen molar-refractivity contribution < 1.29 is 0 Å². The summed E-state index contributed by atoms with van der Waals surface area (Å²) in [5.74, 6) is 0.837. The van der Waals surface area contributed by atoms with Crippen molar-refractivity contribution in [3.05, 3.63) is 18.5 Å². The van der Waals surface area contributed by atoms with Gasteiger partial charge < -0.3 is 4.90 Å². The van der Waals surface area contributed by atoms with Gasteiger partial charge in [-0.25, -0.2) is 9.97 Å². The summed E-state index contributed by atoms with van der Waals surface area (Å²) in [5.41, 5.74) is 0. The van der Waals surface area contributed by atoms with Crippen LogP contribution >= 0.6 is 24.4 Å². The molecule has 0 radical (unpaired) electrons. The minimum atomic E-state index is 0.170. The monoisotopic (exact) mass is 324 g/mol. The number of nitrogens with zero attached hydrogens (tertiary/aromatic N) is 6. The first-order valence-corrected chi connectivity index (χ1v) is 8.53. The number of aromatic nitrogens is 2. The van der Waals surface area contributed by atoms with E-state index < -0.39 is 0 Å². The summed E-state index contributed by atoms with van der Waals surface area (Å²) in [5, 5.41) is 7.66. The first-order chi connectivity index (χ1) is 10.2. The Kier molecular flexibility index (Phi) is 4.87. The molecule has 6 nitrogen and oxygen atoms in total. The Balaban J connectivity index is 1.44. The van der Waals surface area contributed by atoms with Gasteiger partial charge in [-0.2, -0.15) is 5.10 Å². The third kappa shape index (κ3) is 3.81. The van der Waals surface area contributed by atoms with E-state index in [1.165, 1.54) is 0 Å². The lowest BCUT2D eigenvalue weighted by Crippen LogP contribution is -2.48. The highest BCUT2D eigenvalue weighted by molar-refractivity contribution is 8.21. The molecule has 1 atom stereocenters. The standard InChI is InChI=1S/C13H20N6S2/c1-11-16-19(13(20)21-11)10-7-17-5-8-18(9-6-17)12-14-3-2-4-15-12/h2-4,13,20H,5-10H2,1H3. The molecule has 2 aliphatic heterocycles. The summed E-state index contributed by atoms with van der Waals surface area (Å²) >= 11 is 6.25. The maximum absolute atomic E-state index is 4.54. The van der Waals surface area contributed by atoms with Crippen molar-refractivity contribution >= 4 is 35.4 Å². The molecule has 1 saturated heterocycles. The molecule has 1 unspecified atom stereocenters. The van der Waals surface area contributed by atoms with Crippen molar-refractivity contribution in [2.45, 2.75) is 11.6 Å². The van der Waals surface area contributed by atoms with E-state index in [4.69, 9.17) is 0 Å². The van der Waals surface area contributed by atoms with Crippen molar-refractivity contribution in [2.24, 2.45) is 5.10 Å². The molecule has 1 aromatic heterocycles. The van der Waals surface area contributed by atoms with Gasteiger partial charge in [0.05, 0.1) is 11.6 Å². The number of hydrogen-bond donors (Lipinski definition) is 1. The van der Waals surface area contributed by atoms with Gasteiger partial charge in [0.25, 0.3) is 0 Å². The van der Waals surface area contributed by atoms with Crippen LogP contribution < -0.4 is 4.90 Å². The normalized spacial score (nSPS) is 23.5. The molecule has 0 N–H and O–H groups in total. The molecule has 0 spiro atoms. The number of rotatable bonds is 4. The zero-order chi connectivity index (χ0) is 14.7. The van der Waals surface area contributed by atoms with Crippen LogP contribution in [0.1, 0.15) is 6.92 Å². The van der Waals surface area contributed by atoms with E-state index >= 15 is 0 Å². The fraction of sp³-hybridized carbons (Fsp3) is 0.615. The Bertz CT molecular complexity index is 489. The molecule has 2 aliphatic rings. The van der Waals surface area contributed by atoms with Crippen molar-refractivity contribution in [1.29, 1.82) is 0 Å². The Morgan fingerprint density at radius 3 is 2.52 bits per heavy atom. The van der Waals surface area contributed by atoms with E-state index in [2.05, 4.69) is 42.5 Å². The third-order valence-electron chi connectivity index (χ3n) is 3.65. The minimum absolute atomic E-state index is 0.170. The van der Waals surface area contributed by atoms with Gasteiger partial charge in [-0.3, -0.25) is 9.91 Å². The second kappa shape index (κ2) is 6.85. The van der Waals surface area contributed by atoms with Crippen LogP contribution in [0.5, 0.6) is 0 Å². The van der Waals surface area contributed by atoms with E-state index in [0.717, 1.165) is 50.3 Å². The third-order valence-corrected chi connectivity index (χ3v) is 5.11. The molecule has 21 heavy (non-hydrogen) atoms. The molecule has 0 amide bonds. The molecule has 1 aromatic rings. The Labute approximate surface area is 135 Å². The van der Waals surface area contributed by atoms with Gasteiger partial charge >= 0.3 is 0 Å². The van der Waals surface area contributed by atoms with Crippen LogP contribution in [0.4, 0.5) is 5.95 Å². The maximum Gasteiger partial charge on any atom is 0.225 e. The molecular weight excluding hydrogens is 304 g/mol. The average Bonchev–Trinajstić information content (AvgIpc) is 2.84. The lowest BCUT2D eigenvalue weighted by molar-refractivity contribution is 0.212. The SMILES string of the molecule is CC1=NN(CCN2CCN(c3ncccn3)CC2)C(S)S1. The predicted molar refractivity (Wildman–Crippen MR) is 90.9 cm³/mol. The van der Waals surface area contributed by atoms with E-state index in [1.807, 2.05) is 13.0 Å². The summed E-state index contributed by atoms with van der Waals surface area (Å²) < 4.78 is 0.170. The summed E-state index contributed by atoms with van der Waals surface area (Å²) in [7, 11) is 0. The second-order valence-electron chi connectivity index (χ2n) is 5.10. The van der Waals surface area contributed by atoms with Gasteiger partial charge in [-0.05, 0) is 13.0 Å². The van der Waals surface area contributed by atoms with Crippen molar-refractivity contribution in [3.63, 3.8) is 0 Å². The smallest absolute Gasteiger partial charge is 0.225 e. The number of hydrazone groups is 1. The second-order valence-corrected chi connectivity index (χ2v) is 7.22. The van der Waals surface area contributed by atoms with Gasteiger partial charge in [-0.15, -0.1) is 12.6 Å². The van der Waals surface area contributed by atoms with Gasteiger partial charge in [-0.1, -0.05) is 11.8 Å². The van der Waals surface area contributed by atoms with E-state index in [-0.39, 0.29) is 4.71 Å². The van der Waals surface area contributed by atoms with Gasteiger partial charge in [0, 0.05) is 45.1 Å². The first kappa shape index (κ1) is 14.9. The number of anilines is 1. The predicted octanol–water partition coefficient (Wildman–Crippen LogP) is 1.19. The fourth-order valence-corrected chi connectivity index (χ4v) is 3.85. The van der Waals surface area contributed by atoms with Crippen LogP contribution in [0.15, 0.2) is 23.6 Å². The molecule has 3 rings (SSSR count).